The smallest absolute Gasteiger partial charge is 0.381 e. The molecule has 0 aliphatic rings. The second-order valence-electron chi connectivity index (χ2n) is 9.38. The third-order valence-corrected chi connectivity index (χ3v) is 6.66. The molecule has 1 aromatic heterocycles. The first-order valence-corrected chi connectivity index (χ1v) is 12.2. The van der Waals surface area contributed by atoms with Gasteiger partial charge in [0.25, 0.3) is 0 Å². The molecular formula is C32H27F3N2. The van der Waals surface area contributed by atoms with Crippen LogP contribution in [0.15, 0.2) is 97.2 Å². The molecule has 0 aliphatic heterocycles. The Morgan fingerprint density at radius 1 is 0.784 bits per heavy atom. The quantitative estimate of drug-likeness (QED) is 0.254. The van der Waals surface area contributed by atoms with Crippen LogP contribution in [0.3, 0.4) is 0 Å². The van der Waals surface area contributed by atoms with Crippen molar-refractivity contribution in [1.82, 2.24) is 4.98 Å². The maximum absolute atomic E-state index is 13.8. The molecule has 0 spiro atoms. The number of alkyl halides is 3. The first kappa shape index (κ1) is 24.6. The Morgan fingerprint density at radius 2 is 1.57 bits per heavy atom. The van der Waals surface area contributed by atoms with Gasteiger partial charge in [0, 0.05) is 23.8 Å². The SMILES string of the molecule is Cc1ccc(C)c(CNc2cccc(-c3c(Cc4ccccc4)cnc4c(C(F)(F)F)cccc34)c2)c1. The lowest BCUT2D eigenvalue weighted by atomic mass is 9.91. The van der Waals surface area contributed by atoms with Crippen LogP contribution in [0.2, 0.25) is 0 Å². The van der Waals surface area contributed by atoms with Crippen LogP contribution in [0.1, 0.15) is 33.4 Å². The van der Waals surface area contributed by atoms with E-state index in [1.54, 1.807) is 12.3 Å². The Morgan fingerprint density at radius 3 is 2.35 bits per heavy atom. The van der Waals surface area contributed by atoms with Gasteiger partial charge in [-0.1, -0.05) is 78.4 Å². The maximum atomic E-state index is 13.8. The van der Waals surface area contributed by atoms with Crippen LogP contribution >= 0.6 is 0 Å². The zero-order valence-electron chi connectivity index (χ0n) is 20.7. The lowest BCUT2D eigenvalue weighted by Crippen LogP contribution is -2.07. The summed E-state index contributed by atoms with van der Waals surface area (Å²) in [5, 5.41) is 3.99. The second-order valence-corrected chi connectivity index (χ2v) is 9.38. The Balaban J connectivity index is 1.60. The van der Waals surface area contributed by atoms with E-state index in [1.807, 2.05) is 54.6 Å². The van der Waals surface area contributed by atoms with Crippen molar-refractivity contribution in [2.75, 3.05) is 5.32 Å². The summed E-state index contributed by atoms with van der Waals surface area (Å²) in [6.45, 7) is 4.81. The van der Waals surface area contributed by atoms with E-state index in [4.69, 9.17) is 0 Å². The highest BCUT2D eigenvalue weighted by Gasteiger charge is 2.33. The van der Waals surface area contributed by atoms with Crippen LogP contribution < -0.4 is 5.32 Å². The van der Waals surface area contributed by atoms with Gasteiger partial charge in [-0.2, -0.15) is 13.2 Å². The van der Waals surface area contributed by atoms with Gasteiger partial charge in [-0.05, 0) is 71.8 Å². The van der Waals surface area contributed by atoms with Crippen molar-refractivity contribution in [3.63, 3.8) is 0 Å². The van der Waals surface area contributed by atoms with Gasteiger partial charge in [0.05, 0.1) is 11.1 Å². The second kappa shape index (κ2) is 10.1. The minimum Gasteiger partial charge on any atom is -0.381 e. The van der Waals surface area contributed by atoms with Crippen molar-refractivity contribution in [2.24, 2.45) is 0 Å². The van der Waals surface area contributed by atoms with Crippen molar-refractivity contribution in [2.45, 2.75) is 33.0 Å². The number of halogens is 3. The highest BCUT2D eigenvalue weighted by atomic mass is 19.4. The number of hydrogen-bond acceptors (Lipinski definition) is 2. The van der Waals surface area contributed by atoms with Gasteiger partial charge in [-0.25, -0.2) is 0 Å². The molecule has 0 atom stereocenters. The van der Waals surface area contributed by atoms with Gasteiger partial charge in [0.2, 0.25) is 0 Å². The van der Waals surface area contributed by atoms with Crippen molar-refractivity contribution < 1.29 is 13.2 Å². The topological polar surface area (TPSA) is 24.9 Å². The molecule has 0 saturated heterocycles. The minimum atomic E-state index is -4.49. The molecule has 2 nitrogen and oxygen atoms in total. The van der Waals surface area contributed by atoms with Gasteiger partial charge in [-0.3, -0.25) is 4.98 Å². The average Bonchev–Trinajstić information content (AvgIpc) is 2.89. The summed E-state index contributed by atoms with van der Waals surface area (Å²) in [6.07, 6.45) is -2.33. The van der Waals surface area contributed by atoms with Crippen molar-refractivity contribution in [1.29, 1.82) is 0 Å². The van der Waals surface area contributed by atoms with Crippen LogP contribution in [0, 0.1) is 13.8 Å². The Kier molecular flexibility index (Phi) is 6.70. The Bertz CT molecular complexity index is 1560. The first-order chi connectivity index (χ1) is 17.8. The summed E-state index contributed by atoms with van der Waals surface area (Å²) in [5.41, 5.74) is 7.34. The summed E-state index contributed by atoms with van der Waals surface area (Å²) < 4.78 is 41.5. The van der Waals surface area contributed by atoms with E-state index in [0.29, 0.717) is 18.4 Å². The number of aryl methyl sites for hydroxylation is 2. The van der Waals surface area contributed by atoms with E-state index >= 15 is 0 Å². The van der Waals surface area contributed by atoms with E-state index < -0.39 is 11.7 Å². The number of para-hydroxylation sites is 1. The molecule has 0 fully saturated rings. The van der Waals surface area contributed by atoms with Crippen LogP contribution in [0.25, 0.3) is 22.0 Å². The van der Waals surface area contributed by atoms with E-state index in [9.17, 15) is 13.2 Å². The predicted octanol–water partition coefficient (Wildman–Crippen LogP) is 8.74. The van der Waals surface area contributed by atoms with E-state index in [-0.39, 0.29) is 5.52 Å². The number of anilines is 1. The Labute approximate surface area is 214 Å². The number of nitrogens with zero attached hydrogens (tertiary/aromatic N) is 1. The first-order valence-electron chi connectivity index (χ1n) is 12.2. The molecule has 1 heterocycles. The summed E-state index contributed by atoms with van der Waals surface area (Å²) >= 11 is 0. The molecule has 5 rings (SSSR count). The zero-order valence-corrected chi connectivity index (χ0v) is 20.7. The lowest BCUT2D eigenvalue weighted by molar-refractivity contribution is -0.136. The van der Waals surface area contributed by atoms with Crippen molar-refractivity contribution >= 4 is 16.6 Å². The third kappa shape index (κ3) is 5.36. The molecule has 186 valence electrons. The van der Waals surface area contributed by atoms with Crippen LogP contribution in [-0.2, 0) is 19.1 Å². The van der Waals surface area contributed by atoms with Crippen molar-refractivity contribution in [3.05, 3.63) is 131 Å². The zero-order chi connectivity index (χ0) is 26.0. The summed E-state index contributed by atoms with van der Waals surface area (Å²) in [4.78, 5) is 4.31. The molecule has 4 aromatic carbocycles. The molecule has 0 amide bonds. The number of benzene rings is 4. The third-order valence-electron chi connectivity index (χ3n) is 6.66. The summed E-state index contributed by atoms with van der Waals surface area (Å²) in [6, 6.07) is 28.4. The van der Waals surface area contributed by atoms with E-state index in [1.165, 1.54) is 22.8 Å². The number of rotatable bonds is 6. The number of aromatic nitrogens is 1. The Hall–Kier alpha value is -4.12. The van der Waals surface area contributed by atoms with E-state index in [2.05, 4.69) is 42.3 Å². The average molecular weight is 497 g/mol. The van der Waals surface area contributed by atoms with Crippen LogP contribution in [0.5, 0.6) is 0 Å². The summed E-state index contributed by atoms with van der Waals surface area (Å²) in [5.74, 6) is 0. The van der Waals surface area contributed by atoms with Gasteiger partial charge in [0.1, 0.15) is 0 Å². The lowest BCUT2D eigenvalue weighted by Gasteiger charge is -2.17. The molecule has 0 aliphatic carbocycles. The van der Waals surface area contributed by atoms with Gasteiger partial charge in [-0.15, -0.1) is 0 Å². The fourth-order valence-electron chi connectivity index (χ4n) is 4.76. The largest absolute Gasteiger partial charge is 0.418 e. The van der Waals surface area contributed by atoms with Crippen LogP contribution in [-0.4, -0.2) is 4.98 Å². The number of hydrogen-bond donors (Lipinski definition) is 1. The molecule has 5 aromatic rings. The van der Waals surface area contributed by atoms with Crippen LogP contribution in [0.4, 0.5) is 18.9 Å². The standard InChI is InChI=1S/C32H27F3N2/c1-21-14-15-22(2)25(16-21)19-36-27-11-6-10-24(18-27)30-26(17-23-8-4-3-5-9-23)20-37-31-28(30)12-7-13-29(31)32(33,34)35/h3-16,18,20,36H,17,19H2,1-2H3. The molecule has 37 heavy (non-hydrogen) atoms. The highest BCUT2D eigenvalue weighted by Crippen LogP contribution is 2.39. The van der Waals surface area contributed by atoms with Gasteiger partial charge in [0.15, 0.2) is 0 Å². The summed E-state index contributed by atoms with van der Waals surface area (Å²) in [7, 11) is 0. The van der Waals surface area contributed by atoms with E-state index in [0.717, 1.165) is 34.0 Å². The fourth-order valence-corrected chi connectivity index (χ4v) is 4.76. The molecular weight excluding hydrogens is 469 g/mol. The normalized spacial score (nSPS) is 11.6. The molecule has 1 N–H and O–H groups in total. The fraction of sp³-hybridized carbons (Fsp3) is 0.156. The monoisotopic (exact) mass is 496 g/mol. The molecule has 0 unspecified atom stereocenters. The predicted molar refractivity (Wildman–Crippen MR) is 145 cm³/mol. The molecule has 0 saturated carbocycles. The number of fused-ring (bicyclic) bond motifs is 1. The molecule has 5 heteroatoms. The molecule has 0 radical (unpaired) electrons. The minimum absolute atomic E-state index is 0.0319. The number of nitrogens with one attached hydrogen (secondary N) is 1. The maximum Gasteiger partial charge on any atom is 0.418 e. The van der Waals surface area contributed by atoms with Crippen molar-refractivity contribution in [3.8, 4) is 11.1 Å². The highest BCUT2D eigenvalue weighted by molar-refractivity contribution is 5.98. The van der Waals surface area contributed by atoms with Gasteiger partial charge < -0.3 is 5.32 Å². The van der Waals surface area contributed by atoms with Gasteiger partial charge >= 0.3 is 6.18 Å². The number of pyridine rings is 1. The molecule has 0 bridgehead atoms.